The van der Waals surface area contributed by atoms with Crippen molar-refractivity contribution >= 4 is 0 Å². The molecule has 4 nitrogen and oxygen atoms in total. The molecule has 2 aromatic rings. The lowest BCUT2D eigenvalue weighted by Crippen LogP contribution is -3.11. The first-order chi connectivity index (χ1) is 10.9. The second-order valence-electron chi connectivity index (χ2n) is 6.11. The molecule has 1 aromatic heterocycles. The number of ether oxygens (including phenoxy) is 2. The summed E-state index contributed by atoms with van der Waals surface area (Å²) in [6.07, 6.45) is 7.73. The quantitative estimate of drug-likeness (QED) is 0.942. The number of benzene rings is 1. The molecule has 0 aliphatic carbocycles. The van der Waals surface area contributed by atoms with Crippen molar-refractivity contribution in [3.8, 4) is 11.5 Å². The monoisotopic (exact) mass is 297 g/mol. The van der Waals surface area contributed by atoms with Crippen molar-refractivity contribution in [2.24, 2.45) is 0 Å². The summed E-state index contributed by atoms with van der Waals surface area (Å²) < 4.78 is 10.9. The van der Waals surface area contributed by atoms with Crippen molar-refractivity contribution in [1.82, 2.24) is 4.98 Å². The minimum atomic E-state index is 0.341. The first-order valence-electron chi connectivity index (χ1n) is 8.03. The molecule has 4 heteroatoms. The molecular weight excluding hydrogens is 276 g/mol. The smallest absolute Gasteiger partial charge is 0.231 e. The Morgan fingerprint density at radius 1 is 1.14 bits per heavy atom. The molecule has 114 valence electrons. The lowest BCUT2D eigenvalue weighted by atomic mass is 9.96. The van der Waals surface area contributed by atoms with Gasteiger partial charge in [-0.3, -0.25) is 4.98 Å². The zero-order valence-electron chi connectivity index (χ0n) is 12.6. The normalized spacial score (nSPS) is 23.5. The highest BCUT2D eigenvalue weighted by Gasteiger charge is 2.28. The fraction of sp³-hybridized carbons (Fsp3) is 0.389. The zero-order valence-corrected chi connectivity index (χ0v) is 12.6. The van der Waals surface area contributed by atoms with Crippen LogP contribution in [0.4, 0.5) is 0 Å². The summed E-state index contributed by atoms with van der Waals surface area (Å²) in [5.74, 6) is 1.74. The van der Waals surface area contributed by atoms with E-state index in [4.69, 9.17) is 9.47 Å². The third kappa shape index (κ3) is 2.66. The van der Waals surface area contributed by atoms with Crippen LogP contribution >= 0.6 is 0 Å². The molecule has 2 atom stereocenters. The summed E-state index contributed by atoms with van der Waals surface area (Å²) in [7, 11) is 0. The van der Waals surface area contributed by atoms with Crippen LogP contribution in [0.15, 0.2) is 42.7 Å². The van der Waals surface area contributed by atoms with Crippen molar-refractivity contribution in [2.45, 2.75) is 31.8 Å². The van der Waals surface area contributed by atoms with Gasteiger partial charge in [0, 0.05) is 29.9 Å². The van der Waals surface area contributed by atoms with Gasteiger partial charge in [-0.15, -0.1) is 0 Å². The van der Waals surface area contributed by atoms with Crippen LogP contribution in [0.25, 0.3) is 0 Å². The SMILES string of the molecule is c1cncc([C@H]2CCCC[NH+]2Cc2ccc3c(c2)OCO3)c1. The largest absolute Gasteiger partial charge is 0.454 e. The topological polar surface area (TPSA) is 35.8 Å². The maximum absolute atomic E-state index is 5.50. The lowest BCUT2D eigenvalue weighted by molar-refractivity contribution is -0.950. The zero-order chi connectivity index (χ0) is 14.8. The average molecular weight is 297 g/mol. The van der Waals surface area contributed by atoms with Crippen LogP contribution in [0, 0.1) is 0 Å². The van der Waals surface area contributed by atoms with Crippen LogP contribution in [0.2, 0.25) is 0 Å². The Kier molecular flexibility index (Phi) is 3.69. The molecule has 3 heterocycles. The Balaban J connectivity index is 1.55. The van der Waals surface area contributed by atoms with Gasteiger partial charge in [-0.05, 0) is 37.1 Å². The molecule has 22 heavy (non-hydrogen) atoms. The maximum atomic E-state index is 5.50. The summed E-state index contributed by atoms with van der Waals surface area (Å²) in [5, 5.41) is 0. The second-order valence-corrected chi connectivity index (χ2v) is 6.11. The predicted molar refractivity (Wildman–Crippen MR) is 82.9 cm³/mol. The van der Waals surface area contributed by atoms with Crippen LogP contribution < -0.4 is 14.4 Å². The van der Waals surface area contributed by atoms with E-state index in [1.54, 1.807) is 4.90 Å². The van der Waals surface area contributed by atoms with Crippen molar-refractivity contribution in [3.05, 3.63) is 53.9 Å². The van der Waals surface area contributed by atoms with E-state index in [-0.39, 0.29) is 0 Å². The molecule has 0 bridgehead atoms. The molecule has 0 radical (unpaired) electrons. The van der Waals surface area contributed by atoms with Crippen LogP contribution in [0.3, 0.4) is 0 Å². The number of pyridine rings is 1. The van der Waals surface area contributed by atoms with Gasteiger partial charge in [0.05, 0.1) is 6.54 Å². The molecule has 4 rings (SSSR count). The van der Waals surface area contributed by atoms with Gasteiger partial charge in [-0.25, -0.2) is 0 Å². The minimum Gasteiger partial charge on any atom is -0.454 e. The number of aromatic nitrogens is 1. The molecule has 2 aliphatic heterocycles. The Morgan fingerprint density at radius 3 is 3.00 bits per heavy atom. The third-order valence-corrected chi connectivity index (χ3v) is 4.69. The van der Waals surface area contributed by atoms with Crippen molar-refractivity contribution < 1.29 is 14.4 Å². The number of piperidine rings is 1. The predicted octanol–water partition coefficient (Wildman–Crippen LogP) is 2.12. The molecule has 1 aromatic carbocycles. The van der Waals surface area contributed by atoms with E-state index in [9.17, 15) is 0 Å². The number of hydrogen-bond acceptors (Lipinski definition) is 3. The highest BCUT2D eigenvalue weighted by Crippen LogP contribution is 2.32. The van der Waals surface area contributed by atoms with E-state index in [2.05, 4.69) is 23.2 Å². The number of nitrogens with zero attached hydrogens (tertiary/aromatic N) is 1. The molecule has 1 N–H and O–H groups in total. The highest BCUT2D eigenvalue weighted by atomic mass is 16.7. The fourth-order valence-electron chi connectivity index (χ4n) is 3.59. The number of nitrogens with one attached hydrogen (secondary N) is 1. The molecule has 0 spiro atoms. The molecule has 2 aliphatic rings. The third-order valence-electron chi connectivity index (χ3n) is 4.69. The molecule has 0 amide bonds. The van der Waals surface area contributed by atoms with E-state index < -0.39 is 0 Å². The van der Waals surface area contributed by atoms with Crippen LogP contribution in [-0.4, -0.2) is 18.3 Å². The Morgan fingerprint density at radius 2 is 2.09 bits per heavy atom. The Hall–Kier alpha value is -2.07. The molecule has 1 saturated heterocycles. The standard InChI is InChI=1S/C18H20N2O2/c1-2-9-20(16(5-1)15-4-3-8-19-11-15)12-14-6-7-17-18(10-14)22-13-21-17/h3-4,6-8,10-11,16H,1-2,5,9,12-13H2/p+1/t16-/m1/s1. The van der Waals surface area contributed by atoms with E-state index in [0.717, 1.165) is 18.0 Å². The van der Waals surface area contributed by atoms with E-state index in [1.807, 2.05) is 24.5 Å². The van der Waals surface area contributed by atoms with E-state index in [1.165, 1.54) is 36.9 Å². The molecule has 1 unspecified atom stereocenters. The molecule has 0 saturated carbocycles. The van der Waals surface area contributed by atoms with Gasteiger partial charge < -0.3 is 14.4 Å². The number of hydrogen-bond donors (Lipinski definition) is 1. The Bertz CT molecular complexity index is 645. The van der Waals surface area contributed by atoms with Gasteiger partial charge >= 0.3 is 0 Å². The average Bonchev–Trinajstić information content (AvgIpc) is 3.04. The van der Waals surface area contributed by atoms with Crippen LogP contribution in [0.1, 0.15) is 36.4 Å². The van der Waals surface area contributed by atoms with Crippen molar-refractivity contribution in [2.75, 3.05) is 13.3 Å². The summed E-state index contributed by atoms with van der Waals surface area (Å²) in [6, 6.07) is 11.1. The maximum Gasteiger partial charge on any atom is 0.231 e. The minimum absolute atomic E-state index is 0.341. The van der Waals surface area contributed by atoms with E-state index in [0.29, 0.717) is 12.8 Å². The van der Waals surface area contributed by atoms with E-state index >= 15 is 0 Å². The van der Waals surface area contributed by atoms with Gasteiger partial charge in [0.2, 0.25) is 6.79 Å². The van der Waals surface area contributed by atoms with Crippen molar-refractivity contribution in [1.29, 1.82) is 0 Å². The van der Waals surface area contributed by atoms with Gasteiger partial charge in [0.1, 0.15) is 12.6 Å². The van der Waals surface area contributed by atoms with Crippen molar-refractivity contribution in [3.63, 3.8) is 0 Å². The van der Waals surface area contributed by atoms with Gasteiger partial charge in [-0.2, -0.15) is 0 Å². The first kappa shape index (κ1) is 13.6. The van der Waals surface area contributed by atoms with Gasteiger partial charge in [0.25, 0.3) is 0 Å². The fourth-order valence-corrected chi connectivity index (χ4v) is 3.59. The van der Waals surface area contributed by atoms with Crippen LogP contribution in [0.5, 0.6) is 11.5 Å². The first-order valence-corrected chi connectivity index (χ1v) is 8.03. The summed E-state index contributed by atoms with van der Waals surface area (Å²) in [5.41, 5.74) is 2.67. The second kappa shape index (κ2) is 5.97. The molecule has 1 fully saturated rings. The summed E-state index contributed by atoms with van der Waals surface area (Å²) >= 11 is 0. The summed E-state index contributed by atoms with van der Waals surface area (Å²) in [6.45, 7) is 2.58. The van der Waals surface area contributed by atoms with Gasteiger partial charge in [0.15, 0.2) is 11.5 Å². The highest BCUT2D eigenvalue weighted by molar-refractivity contribution is 5.44. The summed E-state index contributed by atoms with van der Waals surface area (Å²) in [4.78, 5) is 5.92. The molecular formula is C18H21N2O2+. The number of likely N-dealkylation sites (tertiary alicyclic amines) is 1. The van der Waals surface area contributed by atoms with Crippen LogP contribution in [-0.2, 0) is 6.54 Å². The number of fused-ring (bicyclic) bond motifs is 1. The Labute approximate surface area is 130 Å². The lowest BCUT2D eigenvalue weighted by Gasteiger charge is -2.32. The van der Waals surface area contributed by atoms with Gasteiger partial charge in [-0.1, -0.05) is 6.07 Å². The number of quaternary nitrogens is 1. The number of rotatable bonds is 3.